The number of benzene rings is 1. The first-order chi connectivity index (χ1) is 10.4. The first kappa shape index (κ1) is 14.6. The van der Waals surface area contributed by atoms with Crippen LogP contribution in [0.1, 0.15) is 47.8 Å². The van der Waals surface area contributed by atoms with Crippen molar-refractivity contribution in [3.8, 4) is 5.75 Å². The Morgan fingerprint density at radius 1 is 1.36 bits per heavy atom. The Bertz CT molecular complexity index is 695. The van der Waals surface area contributed by atoms with Gasteiger partial charge in [-0.05, 0) is 44.5 Å². The van der Waals surface area contributed by atoms with Gasteiger partial charge in [-0.3, -0.25) is 9.78 Å². The number of nitrogens with zero attached hydrogens (tertiary/aromatic N) is 1. The Hall–Kier alpha value is -2.36. The number of nitrogens with one attached hydrogen (secondary N) is 1. The average molecular weight is 296 g/mol. The molecule has 1 aromatic carbocycles. The van der Waals surface area contributed by atoms with Gasteiger partial charge in [-0.15, -0.1) is 0 Å². The third kappa shape index (κ3) is 2.96. The molecule has 0 spiro atoms. The summed E-state index contributed by atoms with van der Waals surface area (Å²) in [6.45, 7) is 6.12. The van der Waals surface area contributed by atoms with Crippen molar-refractivity contribution in [1.82, 2.24) is 10.3 Å². The number of hydrogen-bond acceptors (Lipinski definition) is 3. The van der Waals surface area contributed by atoms with Gasteiger partial charge in [-0.1, -0.05) is 12.1 Å². The fraction of sp³-hybridized carbons (Fsp3) is 0.333. The van der Waals surface area contributed by atoms with Crippen molar-refractivity contribution in [2.75, 3.05) is 0 Å². The van der Waals surface area contributed by atoms with Gasteiger partial charge in [0.25, 0.3) is 5.91 Å². The van der Waals surface area contributed by atoms with Crippen LogP contribution in [-0.2, 0) is 0 Å². The van der Waals surface area contributed by atoms with Gasteiger partial charge < -0.3 is 10.1 Å². The van der Waals surface area contributed by atoms with E-state index in [4.69, 9.17) is 4.74 Å². The molecule has 0 bridgehead atoms. The summed E-state index contributed by atoms with van der Waals surface area (Å²) in [5.41, 5.74) is 2.43. The highest BCUT2D eigenvalue weighted by Crippen LogP contribution is 2.39. The van der Waals surface area contributed by atoms with Crippen molar-refractivity contribution in [2.24, 2.45) is 0 Å². The summed E-state index contributed by atoms with van der Waals surface area (Å²) >= 11 is 0. The molecule has 4 nitrogen and oxygen atoms in total. The first-order valence-electron chi connectivity index (χ1n) is 7.45. The normalized spacial score (nSPS) is 19.0. The number of fused-ring (bicyclic) bond motifs is 1. The van der Waals surface area contributed by atoms with Crippen LogP contribution in [0.15, 0.2) is 42.7 Å². The average Bonchev–Trinajstić information content (AvgIpc) is 2.46. The molecule has 1 atom stereocenters. The van der Waals surface area contributed by atoms with E-state index in [2.05, 4.69) is 10.3 Å². The monoisotopic (exact) mass is 296 g/mol. The van der Waals surface area contributed by atoms with E-state index in [1.807, 2.05) is 39.0 Å². The predicted octanol–water partition coefficient (Wildman–Crippen LogP) is 3.42. The second-order valence-corrected chi connectivity index (χ2v) is 6.37. The lowest BCUT2D eigenvalue weighted by Gasteiger charge is -2.38. The Morgan fingerprint density at radius 2 is 2.18 bits per heavy atom. The lowest BCUT2D eigenvalue weighted by atomic mass is 9.89. The van der Waals surface area contributed by atoms with Crippen LogP contribution < -0.4 is 10.1 Å². The van der Waals surface area contributed by atoms with Gasteiger partial charge in [0.15, 0.2) is 0 Å². The largest absolute Gasteiger partial charge is 0.487 e. The summed E-state index contributed by atoms with van der Waals surface area (Å²) in [4.78, 5) is 16.4. The van der Waals surface area contributed by atoms with Crippen LogP contribution in [-0.4, -0.2) is 16.5 Å². The third-order valence-corrected chi connectivity index (χ3v) is 3.86. The molecule has 0 radical (unpaired) electrons. The molecule has 2 aromatic rings. The van der Waals surface area contributed by atoms with E-state index in [0.717, 1.165) is 23.3 Å². The molecule has 1 aliphatic rings. The number of hydrogen-bond donors (Lipinski definition) is 1. The lowest BCUT2D eigenvalue weighted by molar-refractivity contribution is 0.0619. The minimum Gasteiger partial charge on any atom is -0.487 e. The molecule has 114 valence electrons. The van der Waals surface area contributed by atoms with Crippen LogP contribution in [0.2, 0.25) is 0 Å². The molecular formula is C18H20N2O2. The van der Waals surface area contributed by atoms with Crippen molar-refractivity contribution < 1.29 is 9.53 Å². The molecule has 0 saturated carbocycles. The highest BCUT2D eigenvalue weighted by Gasteiger charge is 2.34. The number of aryl methyl sites for hydroxylation is 1. The van der Waals surface area contributed by atoms with E-state index >= 15 is 0 Å². The first-order valence-corrected chi connectivity index (χ1v) is 7.45. The van der Waals surface area contributed by atoms with Gasteiger partial charge in [0, 0.05) is 24.4 Å². The Morgan fingerprint density at radius 3 is 2.91 bits per heavy atom. The summed E-state index contributed by atoms with van der Waals surface area (Å²) in [5, 5.41) is 3.11. The number of amides is 1. The Kier molecular flexibility index (Phi) is 3.61. The molecular weight excluding hydrogens is 276 g/mol. The zero-order valence-corrected chi connectivity index (χ0v) is 13.1. The second-order valence-electron chi connectivity index (χ2n) is 6.37. The van der Waals surface area contributed by atoms with Gasteiger partial charge in [0.05, 0.1) is 11.6 Å². The maximum Gasteiger partial charge on any atom is 0.253 e. The second kappa shape index (κ2) is 5.44. The van der Waals surface area contributed by atoms with Crippen LogP contribution in [0.5, 0.6) is 5.75 Å². The summed E-state index contributed by atoms with van der Waals surface area (Å²) in [5.74, 6) is 0.745. The maximum atomic E-state index is 12.4. The van der Waals surface area contributed by atoms with Crippen molar-refractivity contribution in [3.63, 3.8) is 0 Å². The zero-order chi connectivity index (χ0) is 15.7. The predicted molar refractivity (Wildman–Crippen MR) is 84.9 cm³/mol. The molecule has 0 fully saturated rings. The standard InChI is InChI=1S/C18H20N2O2/c1-12-6-7-14-15(10-18(2,3)22-16(14)9-12)20-17(21)13-5-4-8-19-11-13/h4-9,11,15H,10H2,1-3H3,(H,20,21)/t15-/m0/s1. The topological polar surface area (TPSA) is 51.2 Å². The van der Waals surface area contributed by atoms with Crippen molar-refractivity contribution in [3.05, 3.63) is 59.4 Å². The van der Waals surface area contributed by atoms with Crippen molar-refractivity contribution in [1.29, 1.82) is 0 Å². The number of carbonyl (C=O) groups excluding carboxylic acids is 1. The molecule has 22 heavy (non-hydrogen) atoms. The highest BCUT2D eigenvalue weighted by atomic mass is 16.5. The molecule has 1 aliphatic heterocycles. The van der Waals surface area contributed by atoms with E-state index in [9.17, 15) is 4.79 Å². The van der Waals surface area contributed by atoms with Crippen molar-refractivity contribution >= 4 is 5.91 Å². The molecule has 2 heterocycles. The smallest absolute Gasteiger partial charge is 0.253 e. The van der Waals surface area contributed by atoms with Gasteiger partial charge in [0.2, 0.25) is 0 Å². The van der Waals surface area contributed by atoms with Crippen LogP contribution in [0, 0.1) is 6.92 Å². The third-order valence-electron chi connectivity index (χ3n) is 3.86. The number of rotatable bonds is 2. The Balaban J connectivity index is 1.89. The quantitative estimate of drug-likeness (QED) is 0.923. The molecule has 1 aromatic heterocycles. The minimum absolute atomic E-state index is 0.0629. The molecule has 0 aliphatic carbocycles. The minimum atomic E-state index is -0.312. The fourth-order valence-corrected chi connectivity index (χ4v) is 2.83. The summed E-state index contributed by atoms with van der Waals surface area (Å²) in [7, 11) is 0. The van der Waals surface area contributed by atoms with E-state index in [1.165, 1.54) is 0 Å². The van der Waals surface area contributed by atoms with E-state index in [0.29, 0.717) is 5.56 Å². The molecule has 0 saturated heterocycles. The molecule has 0 unspecified atom stereocenters. The molecule has 1 amide bonds. The number of ether oxygens (including phenoxy) is 1. The number of pyridine rings is 1. The zero-order valence-electron chi connectivity index (χ0n) is 13.1. The summed E-state index contributed by atoms with van der Waals surface area (Å²) in [6.07, 6.45) is 3.97. The fourth-order valence-electron chi connectivity index (χ4n) is 2.83. The van der Waals surface area contributed by atoms with Gasteiger partial charge in [0.1, 0.15) is 11.4 Å². The number of carbonyl (C=O) groups is 1. The SMILES string of the molecule is Cc1ccc2c(c1)OC(C)(C)C[C@@H]2NC(=O)c1cccnc1. The molecule has 1 N–H and O–H groups in total. The Labute approximate surface area is 130 Å². The van der Waals surface area contributed by atoms with Crippen LogP contribution in [0.25, 0.3) is 0 Å². The molecule has 4 heteroatoms. The molecule has 3 rings (SSSR count). The van der Waals surface area contributed by atoms with Gasteiger partial charge in [-0.25, -0.2) is 0 Å². The van der Waals surface area contributed by atoms with E-state index < -0.39 is 0 Å². The number of aromatic nitrogens is 1. The van der Waals surface area contributed by atoms with Crippen molar-refractivity contribution in [2.45, 2.75) is 38.8 Å². The van der Waals surface area contributed by atoms with E-state index in [-0.39, 0.29) is 17.6 Å². The highest BCUT2D eigenvalue weighted by molar-refractivity contribution is 5.94. The summed E-state index contributed by atoms with van der Waals surface area (Å²) < 4.78 is 6.05. The van der Waals surface area contributed by atoms with Crippen LogP contribution in [0.4, 0.5) is 0 Å². The van der Waals surface area contributed by atoms with Crippen LogP contribution >= 0.6 is 0 Å². The van der Waals surface area contributed by atoms with E-state index in [1.54, 1.807) is 24.5 Å². The van der Waals surface area contributed by atoms with Gasteiger partial charge >= 0.3 is 0 Å². The van der Waals surface area contributed by atoms with Gasteiger partial charge in [-0.2, -0.15) is 0 Å². The lowest BCUT2D eigenvalue weighted by Crippen LogP contribution is -2.41. The van der Waals surface area contributed by atoms with Crippen LogP contribution in [0.3, 0.4) is 0 Å². The summed E-state index contributed by atoms with van der Waals surface area (Å²) in [6, 6.07) is 9.58. The maximum absolute atomic E-state index is 12.4.